The molecule has 0 aromatic heterocycles. The number of nitrogens with one attached hydrogen (secondary N) is 2. The minimum atomic E-state index is -3.87. The fourth-order valence-electron chi connectivity index (χ4n) is 2.22. The maximum absolute atomic E-state index is 12.5. The van der Waals surface area contributed by atoms with Gasteiger partial charge in [0, 0.05) is 18.8 Å². The molecule has 0 saturated carbocycles. The molecule has 26 heavy (non-hydrogen) atoms. The molecule has 2 amide bonds. The van der Waals surface area contributed by atoms with Gasteiger partial charge in [0.15, 0.2) is 0 Å². The zero-order valence-corrected chi connectivity index (χ0v) is 16.6. The Morgan fingerprint density at radius 3 is 2.04 bits per heavy atom. The van der Waals surface area contributed by atoms with E-state index in [1.807, 2.05) is 13.8 Å². The maximum atomic E-state index is 12.5. The summed E-state index contributed by atoms with van der Waals surface area (Å²) in [4.78, 5) is 13.7. The van der Waals surface area contributed by atoms with E-state index in [1.165, 1.54) is 36.4 Å². The van der Waals surface area contributed by atoms with E-state index in [1.54, 1.807) is 11.0 Å². The number of hydrogen-bond acceptors (Lipinski definition) is 3. The number of carbonyl (C=O) groups is 1. The number of urea groups is 1. The van der Waals surface area contributed by atoms with Crippen molar-refractivity contribution < 1.29 is 13.2 Å². The van der Waals surface area contributed by atoms with Crippen LogP contribution in [0.5, 0.6) is 0 Å². The standard InChI is InChI=1S/C17H19Cl2N3O3S/c1-3-22(4-2)17(23)20-12-8-10-13(11-9-12)26(24,25)21-16-14(18)6-5-7-15(16)19/h5-11,21H,3-4H2,1-2H3,(H,20,23). The van der Waals surface area contributed by atoms with Crippen molar-refractivity contribution in [1.82, 2.24) is 4.90 Å². The Bertz CT molecular complexity index is 862. The first kappa shape index (κ1) is 20.4. The number of nitrogens with zero attached hydrogens (tertiary/aromatic N) is 1. The lowest BCUT2D eigenvalue weighted by molar-refractivity contribution is 0.217. The summed E-state index contributed by atoms with van der Waals surface area (Å²) in [7, 11) is -3.87. The van der Waals surface area contributed by atoms with Crippen LogP contribution in [0.1, 0.15) is 13.8 Å². The summed E-state index contributed by atoms with van der Waals surface area (Å²) in [5.41, 5.74) is 0.617. The van der Waals surface area contributed by atoms with Gasteiger partial charge in [-0.3, -0.25) is 4.72 Å². The van der Waals surface area contributed by atoms with Crippen molar-refractivity contribution in [3.63, 3.8) is 0 Å². The molecule has 9 heteroatoms. The van der Waals surface area contributed by atoms with Gasteiger partial charge < -0.3 is 10.2 Å². The van der Waals surface area contributed by atoms with Crippen LogP contribution in [0.3, 0.4) is 0 Å². The number of para-hydroxylation sites is 1. The Hall–Kier alpha value is -1.96. The fraction of sp³-hybridized carbons (Fsp3) is 0.235. The average molecular weight is 416 g/mol. The van der Waals surface area contributed by atoms with Crippen LogP contribution in [0.15, 0.2) is 47.4 Å². The molecule has 2 aromatic rings. The topological polar surface area (TPSA) is 78.5 Å². The lowest BCUT2D eigenvalue weighted by Crippen LogP contribution is -2.34. The summed E-state index contributed by atoms with van der Waals surface area (Å²) in [5.74, 6) is 0. The molecule has 0 radical (unpaired) electrons. The molecule has 0 aliphatic heterocycles. The van der Waals surface area contributed by atoms with Crippen molar-refractivity contribution >= 4 is 50.6 Å². The fourth-order valence-corrected chi connectivity index (χ4v) is 3.92. The van der Waals surface area contributed by atoms with Crippen molar-refractivity contribution in [2.75, 3.05) is 23.1 Å². The Labute approximate surface area is 163 Å². The van der Waals surface area contributed by atoms with Crippen LogP contribution in [0.2, 0.25) is 10.0 Å². The largest absolute Gasteiger partial charge is 0.325 e. The van der Waals surface area contributed by atoms with Gasteiger partial charge in [-0.15, -0.1) is 0 Å². The molecule has 2 aromatic carbocycles. The van der Waals surface area contributed by atoms with Crippen molar-refractivity contribution in [2.24, 2.45) is 0 Å². The van der Waals surface area contributed by atoms with Crippen molar-refractivity contribution in [2.45, 2.75) is 18.7 Å². The van der Waals surface area contributed by atoms with Crippen LogP contribution in [0.4, 0.5) is 16.2 Å². The summed E-state index contributed by atoms with van der Waals surface area (Å²) < 4.78 is 27.4. The molecule has 0 unspecified atom stereocenters. The van der Waals surface area contributed by atoms with Gasteiger partial charge in [0.1, 0.15) is 0 Å². The van der Waals surface area contributed by atoms with Crippen molar-refractivity contribution in [3.8, 4) is 0 Å². The van der Waals surface area contributed by atoms with Crippen LogP contribution < -0.4 is 10.0 Å². The number of halogens is 2. The molecule has 0 bridgehead atoms. The maximum Gasteiger partial charge on any atom is 0.321 e. The van der Waals surface area contributed by atoms with Crippen LogP contribution >= 0.6 is 23.2 Å². The lowest BCUT2D eigenvalue weighted by Gasteiger charge is -2.19. The zero-order valence-electron chi connectivity index (χ0n) is 14.3. The third-order valence-electron chi connectivity index (χ3n) is 3.67. The molecule has 0 heterocycles. The molecule has 2 rings (SSSR count). The van der Waals surface area contributed by atoms with Crippen LogP contribution in [-0.2, 0) is 10.0 Å². The molecule has 140 valence electrons. The highest BCUT2D eigenvalue weighted by molar-refractivity contribution is 7.92. The molecule has 6 nitrogen and oxygen atoms in total. The molecule has 0 aliphatic rings. The van der Waals surface area contributed by atoms with E-state index in [-0.39, 0.29) is 26.7 Å². The minimum Gasteiger partial charge on any atom is -0.325 e. The van der Waals surface area contributed by atoms with Gasteiger partial charge in [-0.1, -0.05) is 29.3 Å². The van der Waals surface area contributed by atoms with E-state index in [9.17, 15) is 13.2 Å². The predicted octanol–water partition coefficient (Wildman–Crippen LogP) is 4.67. The molecular formula is C17H19Cl2N3O3S. The number of benzene rings is 2. The number of amides is 2. The SMILES string of the molecule is CCN(CC)C(=O)Nc1ccc(S(=O)(=O)Nc2c(Cl)cccc2Cl)cc1. The third kappa shape index (κ3) is 4.81. The normalized spacial score (nSPS) is 11.1. The smallest absolute Gasteiger partial charge is 0.321 e. The number of anilines is 2. The Morgan fingerprint density at radius 2 is 1.54 bits per heavy atom. The van der Waals surface area contributed by atoms with Gasteiger partial charge in [-0.2, -0.15) is 0 Å². The van der Waals surface area contributed by atoms with Gasteiger partial charge >= 0.3 is 6.03 Å². The summed E-state index contributed by atoms with van der Waals surface area (Å²) in [6, 6.07) is 10.3. The molecule has 0 saturated heterocycles. The highest BCUT2D eigenvalue weighted by atomic mass is 35.5. The molecule has 0 atom stereocenters. The predicted molar refractivity (Wildman–Crippen MR) is 106 cm³/mol. The molecule has 0 fully saturated rings. The van der Waals surface area contributed by atoms with Crippen LogP contribution in [0.25, 0.3) is 0 Å². The van der Waals surface area contributed by atoms with Gasteiger partial charge in [-0.25, -0.2) is 13.2 Å². The quantitative estimate of drug-likeness (QED) is 0.719. The molecule has 0 spiro atoms. The average Bonchev–Trinajstić information content (AvgIpc) is 2.60. The van der Waals surface area contributed by atoms with Crippen LogP contribution in [0, 0.1) is 0 Å². The first-order valence-corrected chi connectivity index (χ1v) is 10.1. The Morgan fingerprint density at radius 1 is 1.00 bits per heavy atom. The summed E-state index contributed by atoms with van der Waals surface area (Å²) >= 11 is 12.0. The molecule has 2 N–H and O–H groups in total. The monoisotopic (exact) mass is 415 g/mol. The first-order valence-electron chi connectivity index (χ1n) is 7.91. The third-order valence-corrected chi connectivity index (χ3v) is 5.66. The number of sulfonamides is 1. The van der Waals surface area contributed by atoms with E-state index in [0.717, 1.165) is 0 Å². The van der Waals surface area contributed by atoms with Crippen molar-refractivity contribution in [1.29, 1.82) is 0 Å². The Balaban J connectivity index is 2.18. The number of carbonyl (C=O) groups excluding carboxylic acids is 1. The number of hydrogen-bond donors (Lipinski definition) is 2. The minimum absolute atomic E-state index is 0.0225. The first-order chi connectivity index (χ1) is 12.3. The Kier molecular flexibility index (Phi) is 6.75. The van der Waals surface area contributed by atoms with Gasteiger partial charge in [0.2, 0.25) is 0 Å². The second kappa shape index (κ2) is 8.62. The summed E-state index contributed by atoms with van der Waals surface area (Å²) in [5, 5.41) is 3.12. The van der Waals surface area contributed by atoms with Crippen LogP contribution in [-0.4, -0.2) is 32.4 Å². The van der Waals surface area contributed by atoms with Gasteiger partial charge in [-0.05, 0) is 50.2 Å². The lowest BCUT2D eigenvalue weighted by atomic mass is 10.3. The summed E-state index contributed by atoms with van der Waals surface area (Å²) in [6.45, 7) is 4.92. The van der Waals surface area contributed by atoms with E-state index in [2.05, 4.69) is 10.0 Å². The second-order valence-electron chi connectivity index (χ2n) is 5.33. The van der Waals surface area contributed by atoms with Crippen molar-refractivity contribution in [3.05, 3.63) is 52.5 Å². The zero-order chi connectivity index (χ0) is 19.3. The van der Waals surface area contributed by atoms with Gasteiger partial charge in [0.05, 0.1) is 20.6 Å². The highest BCUT2D eigenvalue weighted by Crippen LogP contribution is 2.31. The number of rotatable bonds is 6. The summed E-state index contributed by atoms with van der Waals surface area (Å²) in [6.07, 6.45) is 0. The van der Waals surface area contributed by atoms with E-state index in [0.29, 0.717) is 18.8 Å². The molecule has 0 aliphatic carbocycles. The second-order valence-corrected chi connectivity index (χ2v) is 7.83. The molecular weight excluding hydrogens is 397 g/mol. The van der Waals surface area contributed by atoms with E-state index in [4.69, 9.17) is 23.2 Å². The van der Waals surface area contributed by atoms with Gasteiger partial charge in [0.25, 0.3) is 10.0 Å². The van der Waals surface area contributed by atoms with E-state index >= 15 is 0 Å². The van der Waals surface area contributed by atoms with E-state index < -0.39 is 10.0 Å². The highest BCUT2D eigenvalue weighted by Gasteiger charge is 2.18.